The van der Waals surface area contributed by atoms with E-state index in [-0.39, 0.29) is 25.1 Å². The first-order valence-corrected chi connectivity index (χ1v) is 6.81. The second-order valence-corrected chi connectivity index (χ2v) is 5.02. The van der Waals surface area contributed by atoms with Crippen LogP contribution < -0.4 is 0 Å². The molecule has 0 aliphatic heterocycles. The second-order valence-electron chi connectivity index (χ2n) is 4.58. The molecule has 2 atom stereocenters. The average molecular weight is 307 g/mol. The molecule has 7 heteroatoms. The summed E-state index contributed by atoms with van der Waals surface area (Å²) in [5.41, 5.74) is 0.985. The Balaban J connectivity index is 1.81. The van der Waals surface area contributed by atoms with Crippen molar-refractivity contribution in [3.63, 3.8) is 0 Å². The first-order chi connectivity index (χ1) is 10.1. The van der Waals surface area contributed by atoms with Crippen molar-refractivity contribution in [3.05, 3.63) is 47.0 Å². The molecule has 0 saturated heterocycles. The largest absolute Gasteiger partial charge is 0.389 e. The molecule has 110 valence electrons. The third-order valence-electron chi connectivity index (χ3n) is 2.91. The molecule has 2 aromatic rings. The Bertz CT molecular complexity index is 621. The van der Waals surface area contributed by atoms with Crippen molar-refractivity contribution < 1.29 is 9.84 Å². The molecular weight excluding hydrogens is 292 g/mol. The molecule has 0 fully saturated rings. The predicted molar refractivity (Wildman–Crippen MR) is 76.6 cm³/mol. The Hall–Kier alpha value is -1.94. The molecule has 1 aromatic heterocycles. The highest BCUT2D eigenvalue weighted by atomic mass is 35.5. The molecule has 0 aliphatic rings. The normalized spacial score (nSPS) is 13.6. The fourth-order valence-corrected chi connectivity index (χ4v) is 1.91. The number of aliphatic hydroxyl groups excluding tert-OH is 1. The number of rotatable bonds is 6. The van der Waals surface area contributed by atoms with Gasteiger partial charge in [-0.05, 0) is 24.6 Å². The standard InChI is InChI=1S/C14H15ClN4O2/c1-10(11-2-4-12(15)5-3-11)21-8-13(20)7-19-9-17-14(6-16)18-19/h2-5,9-10,13,20H,7-8H2,1H3/t10-,13-/m0/s1. The maximum atomic E-state index is 9.91. The highest BCUT2D eigenvalue weighted by Gasteiger charge is 2.11. The Labute approximate surface area is 127 Å². The van der Waals surface area contributed by atoms with E-state index in [0.29, 0.717) is 5.02 Å². The summed E-state index contributed by atoms with van der Waals surface area (Å²) < 4.78 is 7.03. The van der Waals surface area contributed by atoms with Crippen molar-refractivity contribution in [1.29, 1.82) is 5.26 Å². The Morgan fingerprint density at radius 3 is 2.76 bits per heavy atom. The molecule has 6 nitrogen and oxygen atoms in total. The molecular formula is C14H15ClN4O2. The number of hydrogen-bond acceptors (Lipinski definition) is 5. The van der Waals surface area contributed by atoms with Crippen molar-refractivity contribution in [2.24, 2.45) is 0 Å². The number of aliphatic hydroxyl groups is 1. The van der Waals surface area contributed by atoms with Crippen LogP contribution in [0.4, 0.5) is 0 Å². The van der Waals surface area contributed by atoms with Crippen LogP contribution in [0.1, 0.15) is 24.4 Å². The minimum atomic E-state index is -0.729. The summed E-state index contributed by atoms with van der Waals surface area (Å²) in [6, 6.07) is 9.20. The van der Waals surface area contributed by atoms with Crippen LogP contribution in [0.15, 0.2) is 30.6 Å². The monoisotopic (exact) mass is 306 g/mol. The van der Waals surface area contributed by atoms with Gasteiger partial charge in [-0.25, -0.2) is 9.67 Å². The minimum Gasteiger partial charge on any atom is -0.389 e. The third kappa shape index (κ3) is 4.53. The van der Waals surface area contributed by atoms with Crippen LogP contribution in [0.25, 0.3) is 0 Å². The molecule has 1 aromatic carbocycles. The zero-order valence-electron chi connectivity index (χ0n) is 11.5. The zero-order valence-corrected chi connectivity index (χ0v) is 12.2. The van der Waals surface area contributed by atoms with Crippen LogP contribution in [0, 0.1) is 11.3 Å². The van der Waals surface area contributed by atoms with Gasteiger partial charge in [0.25, 0.3) is 5.82 Å². The van der Waals surface area contributed by atoms with Crippen LogP contribution in [0.5, 0.6) is 0 Å². The lowest BCUT2D eigenvalue weighted by atomic mass is 10.1. The van der Waals surface area contributed by atoms with Gasteiger partial charge in [0.1, 0.15) is 12.4 Å². The van der Waals surface area contributed by atoms with Gasteiger partial charge < -0.3 is 9.84 Å². The van der Waals surface area contributed by atoms with Crippen LogP contribution in [0.3, 0.4) is 0 Å². The highest BCUT2D eigenvalue weighted by Crippen LogP contribution is 2.19. The van der Waals surface area contributed by atoms with Gasteiger partial charge in [0.2, 0.25) is 0 Å². The number of aromatic nitrogens is 3. The van der Waals surface area contributed by atoms with Crippen molar-refractivity contribution >= 4 is 11.6 Å². The molecule has 1 heterocycles. The fourth-order valence-electron chi connectivity index (χ4n) is 1.79. The molecule has 0 saturated carbocycles. The number of nitriles is 1. The van der Waals surface area contributed by atoms with Gasteiger partial charge in [-0.3, -0.25) is 0 Å². The summed E-state index contributed by atoms with van der Waals surface area (Å²) in [5, 5.41) is 23.1. The molecule has 0 bridgehead atoms. The number of halogens is 1. The smallest absolute Gasteiger partial charge is 0.252 e. The van der Waals surface area contributed by atoms with E-state index in [2.05, 4.69) is 10.1 Å². The number of ether oxygens (including phenoxy) is 1. The Morgan fingerprint density at radius 1 is 1.43 bits per heavy atom. The quantitative estimate of drug-likeness (QED) is 0.881. The lowest BCUT2D eigenvalue weighted by Crippen LogP contribution is -2.23. The van der Waals surface area contributed by atoms with Crippen molar-refractivity contribution in [2.45, 2.75) is 25.7 Å². The summed E-state index contributed by atoms with van der Waals surface area (Å²) >= 11 is 5.83. The lowest BCUT2D eigenvalue weighted by molar-refractivity contribution is -0.00998. The molecule has 0 spiro atoms. The maximum Gasteiger partial charge on any atom is 0.252 e. The topological polar surface area (TPSA) is 84.0 Å². The summed E-state index contributed by atoms with van der Waals surface area (Å²) in [6.07, 6.45) is 0.528. The van der Waals surface area contributed by atoms with Gasteiger partial charge in [0, 0.05) is 5.02 Å². The molecule has 0 radical (unpaired) electrons. The van der Waals surface area contributed by atoms with E-state index >= 15 is 0 Å². The summed E-state index contributed by atoms with van der Waals surface area (Å²) in [5.74, 6) is 0.0812. The van der Waals surface area contributed by atoms with Gasteiger partial charge in [-0.1, -0.05) is 23.7 Å². The lowest BCUT2D eigenvalue weighted by Gasteiger charge is -2.16. The van der Waals surface area contributed by atoms with Crippen molar-refractivity contribution in [1.82, 2.24) is 14.8 Å². The van der Waals surface area contributed by atoms with E-state index in [0.717, 1.165) is 5.56 Å². The first kappa shape index (κ1) is 15.4. The minimum absolute atomic E-state index is 0.0812. The average Bonchev–Trinajstić information content (AvgIpc) is 2.93. The van der Waals surface area contributed by atoms with Gasteiger partial charge in [-0.15, -0.1) is 5.10 Å². The highest BCUT2D eigenvalue weighted by molar-refractivity contribution is 6.30. The Morgan fingerprint density at radius 2 is 2.14 bits per heavy atom. The number of hydrogen-bond donors (Lipinski definition) is 1. The molecule has 1 N–H and O–H groups in total. The third-order valence-corrected chi connectivity index (χ3v) is 3.16. The number of nitrogens with zero attached hydrogens (tertiary/aromatic N) is 4. The summed E-state index contributed by atoms with van der Waals surface area (Å²) in [4.78, 5) is 3.77. The molecule has 2 rings (SSSR count). The van der Waals surface area contributed by atoms with Gasteiger partial charge in [0.05, 0.1) is 25.4 Å². The van der Waals surface area contributed by atoms with Crippen molar-refractivity contribution in [2.75, 3.05) is 6.61 Å². The summed E-state index contributed by atoms with van der Waals surface area (Å²) in [7, 11) is 0. The van der Waals surface area contributed by atoms with E-state index in [9.17, 15) is 5.11 Å². The predicted octanol–water partition coefficient (Wildman–Crippen LogP) is 1.94. The van der Waals surface area contributed by atoms with Crippen LogP contribution in [-0.2, 0) is 11.3 Å². The Kier molecular flexibility index (Phi) is 5.28. The van der Waals surface area contributed by atoms with Crippen LogP contribution >= 0.6 is 11.6 Å². The van der Waals surface area contributed by atoms with Gasteiger partial charge in [0.15, 0.2) is 0 Å². The first-order valence-electron chi connectivity index (χ1n) is 6.43. The van der Waals surface area contributed by atoms with Crippen LogP contribution in [-0.4, -0.2) is 32.6 Å². The van der Waals surface area contributed by atoms with E-state index in [1.54, 1.807) is 12.1 Å². The zero-order chi connectivity index (χ0) is 15.2. The van der Waals surface area contributed by atoms with Gasteiger partial charge in [-0.2, -0.15) is 5.26 Å². The summed E-state index contributed by atoms with van der Waals surface area (Å²) in [6.45, 7) is 2.28. The maximum absolute atomic E-state index is 9.91. The van der Waals surface area contributed by atoms with E-state index in [4.69, 9.17) is 21.6 Å². The van der Waals surface area contributed by atoms with E-state index in [1.807, 2.05) is 25.1 Å². The second kappa shape index (κ2) is 7.18. The SMILES string of the molecule is C[C@H](OC[C@@H](O)Cn1cnc(C#N)n1)c1ccc(Cl)cc1. The molecule has 0 aliphatic carbocycles. The van der Waals surface area contributed by atoms with Crippen LogP contribution in [0.2, 0.25) is 5.02 Å². The number of benzene rings is 1. The fraction of sp³-hybridized carbons (Fsp3) is 0.357. The van der Waals surface area contributed by atoms with E-state index in [1.165, 1.54) is 11.0 Å². The van der Waals surface area contributed by atoms with Gasteiger partial charge >= 0.3 is 0 Å². The van der Waals surface area contributed by atoms with Crippen molar-refractivity contribution in [3.8, 4) is 6.07 Å². The molecule has 21 heavy (non-hydrogen) atoms. The molecule has 0 amide bonds. The van der Waals surface area contributed by atoms with E-state index < -0.39 is 6.10 Å². The molecule has 0 unspecified atom stereocenters.